The average Bonchev–Trinajstić information content (AvgIpc) is 2.39. The normalized spacial score (nSPS) is 10.7. The van der Waals surface area contributed by atoms with Gasteiger partial charge in [-0.3, -0.25) is 4.99 Å². The number of rotatable bonds is 3. The molecule has 0 aromatic heterocycles. The number of benzene rings is 2. The van der Waals surface area contributed by atoms with Crippen LogP contribution in [-0.4, -0.2) is 13.3 Å². The maximum atomic E-state index is 12.7. The van der Waals surface area contributed by atoms with Crippen molar-refractivity contribution < 1.29 is 4.39 Å². The summed E-state index contributed by atoms with van der Waals surface area (Å²) < 4.78 is 12.7. The lowest BCUT2D eigenvalue weighted by Crippen LogP contribution is -1.85. The minimum absolute atomic E-state index is 0.236. The van der Waals surface area contributed by atoms with E-state index in [1.54, 1.807) is 18.3 Å². The van der Waals surface area contributed by atoms with Crippen LogP contribution in [0, 0.1) is 5.82 Å². The van der Waals surface area contributed by atoms with Crippen LogP contribution in [0.3, 0.4) is 0 Å². The lowest BCUT2D eigenvalue weighted by atomic mass is 10.2. The van der Waals surface area contributed by atoms with Gasteiger partial charge < -0.3 is 5.32 Å². The van der Waals surface area contributed by atoms with Crippen LogP contribution in [0.25, 0.3) is 0 Å². The van der Waals surface area contributed by atoms with Crippen molar-refractivity contribution in [3.05, 3.63) is 59.9 Å². The topological polar surface area (TPSA) is 24.4 Å². The molecule has 0 amide bonds. The van der Waals surface area contributed by atoms with Crippen LogP contribution in [0.15, 0.2) is 53.5 Å². The maximum absolute atomic E-state index is 12.7. The van der Waals surface area contributed by atoms with Gasteiger partial charge in [-0.1, -0.05) is 12.1 Å². The van der Waals surface area contributed by atoms with Gasteiger partial charge in [0.25, 0.3) is 0 Å². The first kappa shape index (κ1) is 11.3. The standard InChI is InChI=1S/C14H13FN2/c1-16-13-6-8-14(9-7-13)17-10-11-2-4-12(15)5-3-11/h2-10,16H,1H3. The molecule has 0 spiro atoms. The highest BCUT2D eigenvalue weighted by atomic mass is 19.1. The summed E-state index contributed by atoms with van der Waals surface area (Å²) in [6, 6.07) is 14.0. The monoisotopic (exact) mass is 228 g/mol. The first-order chi connectivity index (χ1) is 8.28. The fraction of sp³-hybridized carbons (Fsp3) is 0.0714. The molecule has 0 aliphatic carbocycles. The van der Waals surface area contributed by atoms with E-state index in [9.17, 15) is 4.39 Å². The van der Waals surface area contributed by atoms with Gasteiger partial charge in [-0.2, -0.15) is 0 Å². The van der Waals surface area contributed by atoms with Gasteiger partial charge in [0, 0.05) is 18.9 Å². The highest BCUT2D eigenvalue weighted by molar-refractivity contribution is 5.81. The number of hydrogen-bond acceptors (Lipinski definition) is 2. The number of aliphatic imine (C=N–C) groups is 1. The minimum Gasteiger partial charge on any atom is -0.388 e. The van der Waals surface area contributed by atoms with E-state index >= 15 is 0 Å². The predicted octanol–water partition coefficient (Wildman–Crippen LogP) is 3.62. The Balaban J connectivity index is 2.11. The number of anilines is 1. The first-order valence-electron chi connectivity index (χ1n) is 5.35. The first-order valence-corrected chi connectivity index (χ1v) is 5.35. The summed E-state index contributed by atoms with van der Waals surface area (Å²) >= 11 is 0. The van der Waals surface area contributed by atoms with E-state index in [-0.39, 0.29) is 5.82 Å². The Hall–Kier alpha value is -2.16. The fourth-order valence-corrected chi connectivity index (χ4v) is 1.41. The van der Waals surface area contributed by atoms with Crippen LogP contribution in [0.4, 0.5) is 15.8 Å². The summed E-state index contributed by atoms with van der Waals surface area (Å²) in [5.74, 6) is -0.236. The van der Waals surface area contributed by atoms with E-state index < -0.39 is 0 Å². The minimum atomic E-state index is -0.236. The molecular formula is C14H13FN2. The van der Waals surface area contributed by atoms with Gasteiger partial charge in [0.1, 0.15) is 5.82 Å². The van der Waals surface area contributed by atoms with Gasteiger partial charge in [-0.05, 0) is 42.0 Å². The molecule has 2 nitrogen and oxygen atoms in total. The van der Waals surface area contributed by atoms with E-state index in [0.717, 1.165) is 16.9 Å². The van der Waals surface area contributed by atoms with Gasteiger partial charge in [0.2, 0.25) is 0 Å². The van der Waals surface area contributed by atoms with Crippen molar-refractivity contribution in [3.63, 3.8) is 0 Å². The molecular weight excluding hydrogens is 215 g/mol. The Kier molecular flexibility index (Phi) is 3.50. The van der Waals surface area contributed by atoms with Crippen LogP contribution in [0.2, 0.25) is 0 Å². The van der Waals surface area contributed by atoms with E-state index in [1.807, 2.05) is 31.3 Å². The SMILES string of the molecule is CNc1ccc(N=Cc2ccc(F)cc2)cc1. The molecule has 0 aliphatic rings. The molecule has 0 bridgehead atoms. The largest absolute Gasteiger partial charge is 0.388 e. The molecule has 3 heteroatoms. The van der Waals surface area contributed by atoms with Gasteiger partial charge >= 0.3 is 0 Å². The summed E-state index contributed by atoms with van der Waals surface area (Å²) in [5.41, 5.74) is 2.79. The zero-order chi connectivity index (χ0) is 12.1. The molecule has 0 unspecified atom stereocenters. The molecule has 0 heterocycles. The second-order valence-electron chi connectivity index (χ2n) is 3.61. The predicted molar refractivity (Wildman–Crippen MR) is 69.6 cm³/mol. The van der Waals surface area contributed by atoms with E-state index in [4.69, 9.17) is 0 Å². The number of hydrogen-bond donors (Lipinski definition) is 1. The van der Waals surface area contributed by atoms with Crippen molar-refractivity contribution >= 4 is 17.6 Å². The Labute approximate surface area is 99.8 Å². The zero-order valence-corrected chi connectivity index (χ0v) is 9.52. The van der Waals surface area contributed by atoms with Gasteiger partial charge in [-0.15, -0.1) is 0 Å². The number of nitrogens with zero attached hydrogens (tertiary/aromatic N) is 1. The van der Waals surface area contributed by atoms with Crippen molar-refractivity contribution in [1.29, 1.82) is 0 Å². The molecule has 86 valence electrons. The van der Waals surface area contributed by atoms with Crippen LogP contribution in [0.1, 0.15) is 5.56 Å². The average molecular weight is 228 g/mol. The Morgan fingerprint density at radius 3 is 2.24 bits per heavy atom. The van der Waals surface area contributed by atoms with Crippen molar-refractivity contribution in [2.45, 2.75) is 0 Å². The Bertz CT molecular complexity index is 501. The van der Waals surface area contributed by atoms with Crippen molar-refractivity contribution in [1.82, 2.24) is 0 Å². The summed E-state index contributed by atoms with van der Waals surface area (Å²) in [4.78, 5) is 4.31. The van der Waals surface area contributed by atoms with Crippen molar-refractivity contribution in [3.8, 4) is 0 Å². The number of halogens is 1. The molecule has 0 aliphatic heterocycles. The summed E-state index contributed by atoms with van der Waals surface area (Å²) in [5, 5.41) is 3.04. The quantitative estimate of drug-likeness (QED) is 0.797. The molecule has 0 fully saturated rings. The van der Waals surface area contributed by atoms with Crippen LogP contribution >= 0.6 is 0 Å². The molecule has 17 heavy (non-hydrogen) atoms. The van der Waals surface area contributed by atoms with Crippen LogP contribution < -0.4 is 5.32 Å². The Morgan fingerprint density at radius 2 is 1.65 bits per heavy atom. The van der Waals surface area contributed by atoms with Gasteiger partial charge in [-0.25, -0.2) is 4.39 Å². The third-order valence-electron chi connectivity index (χ3n) is 2.39. The second kappa shape index (κ2) is 5.25. The van der Waals surface area contributed by atoms with Crippen molar-refractivity contribution in [2.75, 3.05) is 12.4 Å². The van der Waals surface area contributed by atoms with E-state index in [2.05, 4.69) is 10.3 Å². The fourth-order valence-electron chi connectivity index (χ4n) is 1.41. The lowest BCUT2D eigenvalue weighted by Gasteiger charge is -1.99. The molecule has 0 saturated carbocycles. The maximum Gasteiger partial charge on any atom is 0.123 e. The molecule has 0 saturated heterocycles. The molecule has 2 aromatic rings. The van der Waals surface area contributed by atoms with Crippen molar-refractivity contribution in [2.24, 2.45) is 4.99 Å². The highest BCUT2D eigenvalue weighted by Crippen LogP contribution is 2.15. The number of nitrogens with one attached hydrogen (secondary N) is 1. The van der Waals surface area contributed by atoms with E-state index in [1.165, 1.54) is 12.1 Å². The smallest absolute Gasteiger partial charge is 0.123 e. The van der Waals surface area contributed by atoms with Crippen LogP contribution in [-0.2, 0) is 0 Å². The molecule has 0 radical (unpaired) electrons. The molecule has 2 rings (SSSR count). The second-order valence-corrected chi connectivity index (χ2v) is 3.61. The van der Waals surface area contributed by atoms with Gasteiger partial charge in [0.05, 0.1) is 5.69 Å². The van der Waals surface area contributed by atoms with Crippen LogP contribution in [0.5, 0.6) is 0 Å². The lowest BCUT2D eigenvalue weighted by molar-refractivity contribution is 0.628. The molecule has 1 N–H and O–H groups in total. The van der Waals surface area contributed by atoms with E-state index in [0.29, 0.717) is 0 Å². The third kappa shape index (κ3) is 3.14. The summed E-state index contributed by atoms with van der Waals surface area (Å²) in [6.07, 6.45) is 1.72. The third-order valence-corrected chi connectivity index (χ3v) is 2.39. The molecule has 0 atom stereocenters. The highest BCUT2D eigenvalue weighted by Gasteiger charge is 1.91. The molecule has 2 aromatic carbocycles. The van der Waals surface area contributed by atoms with Gasteiger partial charge in [0.15, 0.2) is 0 Å². The zero-order valence-electron chi connectivity index (χ0n) is 9.52. The summed E-state index contributed by atoms with van der Waals surface area (Å²) in [7, 11) is 1.87. The summed E-state index contributed by atoms with van der Waals surface area (Å²) in [6.45, 7) is 0. The Morgan fingerprint density at radius 1 is 1.00 bits per heavy atom.